The summed E-state index contributed by atoms with van der Waals surface area (Å²) in [5, 5.41) is 22.1. The number of thiophene rings is 2. The molecule has 0 saturated heterocycles. The number of carbonyl (C=O) groups is 4. The lowest BCUT2D eigenvalue weighted by atomic mass is 10.1. The first-order chi connectivity index (χ1) is 21.2. The minimum absolute atomic E-state index is 0.0482. The number of ether oxygens (including phenoxy) is 1. The number of aliphatic hydroxyl groups is 1. The number of hydrogen-bond donors (Lipinski definition) is 4. The Bertz CT molecular complexity index is 1820. The average Bonchev–Trinajstić information content (AvgIpc) is 3.76. The predicted octanol–water partition coefficient (Wildman–Crippen LogP) is 6.00. The molecule has 0 spiro atoms. The first kappa shape index (κ1) is 34.6. The number of nitrogen functional groups attached to an aromatic ring is 2. The highest BCUT2D eigenvalue weighted by Crippen LogP contribution is 2.37. The third-order valence-corrected chi connectivity index (χ3v) is 8.08. The Kier molecular flexibility index (Phi) is 11.4. The average molecular weight is 651 g/mol. The maximum atomic E-state index is 12.4. The van der Waals surface area contributed by atoms with E-state index in [9.17, 15) is 14.4 Å². The van der Waals surface area contributed by atoms with E-state index in [0.29, 0.717) is 22.5 Å². The second kappa shape index (κ2) is 14.8. The van der Waals surface area contributed by atoms with Crippen molar-refractivity contribution in [1.29, 1.82) is 0 Å². The predicted molar refractivity (Wildman–Crippen MR) is 177 cm³/mol. The van der Waals surface area contributed by atoms with Crippen LogP contribution in [0.15, 0.2) is 45.8 Å². The molecule has 0 amide bonds. The van der Waals surface area contributed by atoms with Gasteiger partial charge in [-0.05, 0) is 81.1 Å². The van der Waals surface area contributed by atoms with Crippen molar-refractivity contribution in [3.8, 4) is 11.4 Å². The van der Waals surface area contributed by atoms with E-state index in [4.69, 9.17) is 26.5 Å². The molecular formula is C32H34N4O7S2. The smallest absolute Gasteiger partial charge is 0.347 e. The van der Waals surface area contributed by atoms with Crippen LogP contribution in [0.2, 0.25) is 0 Å². The number of aliphatic carboxylic acids is 1. The highest BCUT2D eigenvalue weighted by atomic mass is 32.1. The van der Waals surface area contributed by atoms with E-state index in [1.165, 1.54) is 33.6 Å². The number of carboxylic acid groups (broad SMARTS) is 1. The molecule has 0 unspecified atom stereocenters. The first-order valence-corrected chi connectivity index (χ1v) is 15.5. The van der Waals surface area contributed by atoms with Crippen molar-refractivity contribution in [2.45, 2.75) is 41.5 Å². The topological polar surface area (TPSA) is 188 Å². The zero-order chi connectivity index (χ0) is 33.6. The number of hydrogen-bond acceptors (Lipinski definition) is 11. The number of carboxylic acids is 1. The van der Waals surface area contributed by atoms with Gasteiger partial charge in [-0.1, -0.05) is 0 Å². The molecule has 13 heteroatoms. The van der Waals surface area contributed by atoms with Crippen LogP contribution in [0.1, 0.15) is 67.2 Å². The number of aliphatic hydroxyl groups excluding tert-OH is 1. The number of benzene rings is 2. The Balaban J connectivity index is 0.000000176. The van der Waals surface area contributed by atoms with E-state index in [2.05, 4.69) is 29.6 Å². The number of nitrogens with two attached hydrogens (primary N) is 2. The van der Waals surface area contributed by atoms with Crippen LogP contribution in [0.5, 0.6) is 0 Å². The fraction of sp³-hybridized carbons (Fsp3) is 0.219. The quantitative estimate of drug-likeness (QED) is 0.0862. The Morgan fingerprint density at radius 2 is 1.20 bits per heavy atom. The number of anilines is 2. The Hall–Kier alpha value is -4.85. The minimum Gasteiger partial charge on any atom is -0.481 e. The molecule has 2 aliphatic heterocycles. The van der Waals surface area contributed by atoms with E-state index in [0.717, 1.165) is 34.9 Å². The summed E-state index contributed by atoms with van der Waals surface area (Å²) in [7, 11) is 0. The summed E-state index contributed by atoms with van der Waals surface area (Å²) in [5.74, 6) is -1.05. The first-order valence-electron chi connectivity index (χ1n) is 13.6. The second-order valence-electron chi connectivity index (χ2n) is 9.98. The van der Waals surface area contributed by atoms with E-state index >= 15 is 0 Å². The Labute approximate surface area is 267 Å². The number of fused-ring (bicyclic) bond motifs is 6. The highest BCUT2D eigenvalue weighted by Gasteiger charge is 2.31. The molecule has 7 rings (SSSR count). The van der Waals surface area contributed by atoms with Crippen molar-refractivity contribution >= 4 is 68.9 Å². The van der Waals surface area contributed by atoms with Gasteiger partial charge in [0.15, 0.2) is 0 Å². The molecule has 236 valence electrons. The van der Waals surface area contributed by atoms with Gasteiger partial charge in [0, 0.05) is 40.6 Å². The monoisotopic (exact) mass is 650 g/mol. The lowest BCUT2D eigenvalue weighted by molar-refractivity contribution is -0.134. The molecule has 11 nitrogen and oxygen atoms in total. The molecule has 0 saturated carbocycles. The number of cyclic esters (lactones) is 2. The number of esters is 2. The fourth-order valence-electron chi connectivity index (χ4n) is 4.14. The van der Waals surface area contributed by atoms with E-state index in [-0.39, 0.29) is 12.5 Å². The molecular weight excluding hydrogens is 617 g/mol. The largest absolute Gasteiger partial charge is 0.481 e. The van der Waals surface area contributed by atoms with Crippen molar-refractivity contribution in [2.75, 3.05) is 18.1 Å². The zero-order valence-electron chi connectivity index (χ0n) is 25.6. The van der Waals surface area contributed by atoms with Crippen LogP contribution in [0.4, 0.5) is 11.4 Å². The number of imidazole rings is 1. The van der Waals surface area contributed by atoms with Crippen LogP contribution in [0.25, 0.3) is 22.4 Å². The fourth-order valence-corrected chi connectivity index (χ4v) is 5.73. The van der Waals surface area contributed by atoms with Gasteiger partial charge in [-0.2, -0.15) is 22.7 Å². The van der Waals surface area contributed by atoms with Gasteiger partial charge in [-0.15, -0.1) is 0 Å². The van der Waals surface area contributed by atoms with Gasteiger partial charge in [0.25, 0.3) is 11.9 Å². The van der Waals surface area contributed by atoms with Crippen molar-refractivity contribution < 1.29 is 34.1 Å². The van der Waals surface area contributed by atoms with Gasteiger partial charge in [0.2, 0.25) is 0 Å². The van der Waals surface area contributed by atoms with Crippen molar-refractivity contribution in [3.63, 3.8) is 0 Å². The summed E-state index contributed by atoms with van der Waals surface area (Å²) in [5.41, 5.74) is 21.6. The SMILES string of the molecule is CC(=O)O.CCO.Cc1cc(N)c(N)cc1C.Cc1cc2nc3n(c2cc1C)C(=O)c1cscc1-3.O=C1OC(=O)c2cscc21. The summed E-state index contributed by atoms with van der Waals surface area (Å²) in [4.78, 5) is 47.4. The Morgan fingerprint density at radius 1 is 0.800 bits per heavy atom. The molecule has 5 aromatic rings. The molecule has 3 aromatic heterocycles. The van der Waals surface area contributed by atoms with Crippen LogP contribution in [0.3, 0.4) is 0 Å². The molecule has 45 heavy (non-hydrogen) atoms. The minimum atomic E-state index is -0.833. The van der Waals surface area contributed by atoms with Crippen LogP contribution >= 0.6 is 22.7 Å². The molecule has 0 fully saturated rings. The van der Waals surface area contributed by atoms with Crippen LogP contribution in [0, 0.1) is 27.7 Å². The summed E-state index contributed by atoms with van der Waals surface area (Å²) < 4.78 is 6.04. The molecule has 0 radical (unpaired) electrons. The van der Waals surface area contributed by atoms with E-state index in [1.54, 1.807) is 33.6 Å². The van der Waals surface area contributed by atoms with E-state index in [1.807, 2.05) is 42.8 Å². The number of aromatic nitrogens is 2. The number of rotatable bonds is 0. The molecule has 6 N–H and O–H groups in total. The van der Waals surface area contributed by atoms with Gasteiger partial charge < -0.3 is 26.4 Å². The summed E-state index contributed by atoms with van der Waals surface area (Å²) in [6.45, 7) is 11.2. The maximum Gasteiger partial charge on any atom is 0.347 e. The van der Waals surface area contributed by atoms with Crippen molar-refractivity contribution in [1.82, 2.24) is 9.55 Å². The molecule has 2 aliphatic rings. The second-order valence-corrected chi connectivity index (χ2v) is 11.5. The van der Waals surface area contributed by atoms with Gasteiger partial charge in [0.05, 0.1) is 39.1 Å². The normalized spacial score (nSPS) is 11.8. The van der Waals surface area contributed by atoms with Crippen LogP contribution in [-0.4, -0.2) is 50.2 Å². The number of aryl methyl sites for hydroxylation is 4. The van der Waals surface area contributed by atoms with Crippen LogP contribution < -0.4 is 11.5 Å². The number of nitrogens with zero attached hydrogens (tertiary/aromatic N) is 2. The van der Waals surface area contributed by atoms with Crippen LogP contribution in [-0.2, 0) is 9.53 Å². The third kappa shape index (κ3) is 7.81. The Morgan fingerprint density at radius 3 is 1.69 bits per heavy atom. The highest BCUT2D eigenvalue weighted by molar-refractivity contribution is 7.09. The van der Waals surface area contributed by atoms with Gasteiger partial charge in [-0.3, -0.25) is 14.2 Å². The van der Waals surface area contributed by atoms with Crippen molar-refractivity contribution in [3.05, 3.63) is 84.7 Å². The molecule has 0 bridgehead atoms. The van der Waals surface area contributed by atoms with E-state index < -0.39 is 17.9 Å². The standard InChI is InChI=1S/C14H10N2OS.C8H12N2.C6H2O3S.C2H4O2.C2H6O/c1-7-3-11-12(4-8(7)2)16-13(15-11)9-5-18-6-10(9)14(16)17;1-5-3-7(9)8(10)4-6(5)2;7-5-3-1-10-2-4(3)6(8)9-5;1-2(3)4;1-2-3/h3-6H,1-2H3;3-4H,9-10H2,1-2H3;1-2H;1H3,(H,3,4);3H,2H2,1H3. The van der Waals surface area contributed by atoms with Gasteiger partial charge in [-0.25, -0.2) is 14.6 Å². The summed E-state index contributed by atoms with van der Waals surface area (Å²) in [6, 6.07) is 7.89. The van der Waals surface area contributed by atoms with Gasteiger partial charge in [0.1, 0.15) is 5.82 Å². The molecule has 0 aliphatic carbocycles. The zero-order valence-corrected chi connectivity index (χ0v) is 27.3. The third-order valence-electron chi connectivity index (χ3n) is 6.59. The molecule has 5 heterocycles. The van der Waals surface area contributed by atoms with Crippen molar-refractivity contribution in [2.24, 2.45) is 0 Å². The summed E-state index contributed by atoms with van der Waals surface area (Å²) in [6.07, 6.45) is 0. The summed E-state index contributed by atoms with van der Waals surface area (Å²) >= 11 is 2.88. The van der Waals surface area contributed by atoms with Gasteiger partial charge >= 0.3 is 11.9 Å². The lowest BCUT2D eigenvalue weighted by Gasteiger charge is -2.03. The number of carbonyl (C=O) groups excluding carboxylic acids is 3. The lowest BCUT2D eigenvalue weighted by Crippen LogP contribution is -2.05. The molecule has 2 aromatic carbocycles. The molecule has 0 atom stereocenters. The maximum absolute atomic E-state index is 12.4.